The van der Waals surface area contributed by atoms with Crippen molar-refractivity contribution in [3.8, 4) is 11.3 Å². The Kier molecular flexibility index (Phi) is 5.93. The molecule has 3 aromatic rings. The topological polar surface area (TPSA) is 71.1 Å². The van der Waals surface area contributed by atoms with Gasteiger partial charge in [-0.05, 0) is 24.1 Å². The highest BCUT2D eigenvalue weighted by Gasteiger charge is 2.13. The molecule has 0 aliphatic rings. The van der Waals surface area contributed by atoms with Crippen molar-refractivity contribution >= 4 is 28.3 Å². The summed E-state index contributed by atoms with van der Waals surface area (Å²) >= 11 is 1.28. The van der Waals surface area contributed by atoms with Crippen molar-refractivity contribution in [3.63, 3.8) is 0 Å². The normalized spacial score (nSPS) is 10.4. The maximum atomic E-state index is 13.7. The summed E-state index contributed by atoms with van der Waals surface area (Å²) < 4.78 is 13.7. The van der Waals surface area contributed by atoms with Gasteiger partial charge in [-0.1, -0.05) is 36.4 Å². The van der Waals surface area contributed by atoms with Crippen LogP contribution in [0.4, 0.5) is 9.52 Å². The van der Waals surface area contributed by atoms with E-state index in [9.17, 15) is 14.0 Å². The lowest BCUT2D eigenvalue weighted by atomic mass is 10.1. The predicted octanol–water partition coefficient (Wildman–Crippen LogP) is 3.88. The number of carbonyl (C=O) groups excluding carboxylic acids is 2. The maximum absolute atomic E-state index is 13.7. The summed E-state index contributed by atoms with van der Waals surface area (Å²) in [5, 5.41) is 7.64. The molecule has 0 saturated heterocycles. The van der Waals surface area contributed by atoms with Gasteiger partial charge in [-0.2, -0.15) is 0 Å². The second-order valence-electron chi connectivity index (χ2n) is 5.90. The average molecular weight is 383 g/mol. The summed E-state index contributed by atoms with van der Waals surface area (Å²) in [4.78, 5) is 27.4. The van der Waals surface area contributed by atoms with Crippen LogP contribution in [-0.2, 0) is 11.2 Å². The molecule has 2 N–H and O–H groups in total. The summed E-state index contributed by atoms with van der Waals surface area (Å²) in [6.45, 7) is 2.09. The van der Waals surface area contributed by atoms with Gasteiger partial charge in [-0.3, -0.25) is 14.9 Å². The van der Waals surface area contributed by atoms with E-state index >= 15 is 0 Å². The van der Waals surface area contributed by atoms with Crippen LogP contribution in [0.15, 0.2) is 53.9 Å². The van der Waals surface area contributed by atoms with Crippen LogP contribution in [0.25, 0.3) is 11.3 Å². The first-order valence-electron chi connectivity index (χ1n) is 8.38. The molecule has 0 atom stereocenters. The van der Waals surface area contributed by atoms with E-state index in [0.717, 1.165) is 23.2 Å². The standard InChI is InChI=1S/C20H18FN3O2S/c1-13(25)22-11-10-14-6-8-15(9-7-14)18-12-27-20(23-18)24-19(26)16-4-2-3-5-17(16)21/h2-9,12H,10-11H2,1H3,(H,22,25)(H,23,24,26). The minimum Gasteiger partial charge on any atom is -0.356 e. The fourth-order valence-corrected chi connectivity index (χ4v) is 3.21. The summed E-state index contributed by atoms with van der Waals surface area (Å²) in [7, 11) is 0. The lowest BCUT2D eigenvalue weighted by Crippen LogP contribution is -2.22. The fourth-order valence-electron chi connectivity index (χ4n) is 2.50. The molecule has 7 heteroatoms. The number of thiazole rings is 1. The third-order valence-corrected chi connectivity index (χ3v) is 4.64. The van der Waals surface area contributed by atoms with Gasteiger partial charge in [0.15, 0.2) is 5.13 Å². The van der Waals surface area contributed by atoms with Crippen LogP contribution in [0, 0.1) is 5.82 Å². The number of aromatic nitrogens is 1. The van der Waals surface area contributed by atoms with Gasteiger partial charge in [-0.15, -0.1) is 11.3 Å². The number of amides is 2. The van der Waals surface area contributed by atoms with Crippen LogP contribution in [0.3, 0.4) is 0 Å². The van der Waals surface area contributed by atoms with Crippen molar-refractivity contribution in [1.82, 2.24) is 10.3 Å². The largest absolute Gasteiger partial charge is 0.356 e. The Labute approximate surface area is 160 Å². The van der Waals surface area contributed by atoms with Gasteiger partial charge in [0.1, 0.15) is 5.82 Å². The Morgan fingerprint density at radius 1 is 1.11 bits per heavy atom. The highest BCUT2D eigenvalue weighted by Crippen LogP contribution is 2.25. The van der Waals surface area contributed by atoms with E-state index in [0.29, 0.717) is 11.7 Å². The number of halogens is 1. The zero-order valence-electron chi connectivity index (χ0n) is 14.7. The SMILES string of the molecule is CC(=O)NCCc1ccc(-c2csc(NC(=O)c3ccccc3F)n2)cc1. The van der Waals surface area contributed by atoms with Crippen molar-refractivity contribution < 1.29 is 14.0 Å². The van der Waals surface area contributed by atoms with Gasteiger partial charge in [0.05, 0.1) is 11.3 Å². The molecular formula is C20H18FN3O2S. The van der Waals surface area contributed by atoms with Crippen LogP contribution >= 0.6 is 11.3 Å². The molecule has 5 nitrogen and oxygen atoms in total. The lowest BCUT2D eigenvalue weighted by Gasteiger charge is -2.04. The van der Waals surface area contributed by atoms with Gasteiger partial charge in [0.2, 0.25) is 5.91 Å². The van der Waals surface area contributed by atoms with Crippen LogP contribution in [0.2, 0.25) is 0 Å². The number of benzene rings is 2. The van der Waals surface area contributed by atoms with E-state index in [-0.39, 0.29) is 11.5 Å². The second-order valence-corrected chi connectivity index (χ2v) is 6.76. The van der Waals surface area contributed by atoms with Crippen molar-refractivity contribution in [2.24, 2.45) is 0 Å². The molecule has 0 bridgehead atoms. The first kappa shape index (κ1) is 18.7. The molecule has 0 fully saturated rings. The number of hydrogen-bond donors (Lipinski definition) is 2. The monoisotopic (exact) mass is 383 g/mol. The van der Waals surface area contributed by atoms with E-state index in [1.54, 1.807) is 6.07 Å². The number of rotatable bonds is 6. The smallest absolute Gasteiger partial charge is 0.260 e. The molecule has 0 radical (unpaired) electrons. The summed E-state index contributed by atoms with van der Waals surface area (Å²) in [6, 6.07) is 13.7. The molecular weight excluding hydrogens is 365 g/mol. The predicted molar refractivity (Wildman–Crippen MR) is 104 cm³/mol. The Morgan fingerprint density at radius 3 is 2.56 bits per heavy atom. The van der Waals surface area contributed by atoms with Crippen LogP contribution < -0.4 is 10.6 Å². The molecule has 0 aliphatic heterocycles. The van der Waals surface area contributed by atoms with Crippen molar-refractivity contribution in [1.29, 1.82) is 0 Å². The summed E-state index contributed by atoms with van der Waals surface area (Å²) in [5.74, 6) is -1.14. The van der Waals surface area contributed by atoms with Crippen LogP contribution in [0.1, 0.15) is 22.8 Å². The number of carbonyl (C=O) groups is 2. The summed E-state index contributed by atoms with van der Waals surface area (Å²) in [6.07, 6.45) is 0.751. The van der Waals surface area contributed by atoms with Gasteiger partial charge >= 0.3 is 0 Å². The van der Waals surface area contributed by atoms with Gasteiger partial charge < -0.3 is 5.32 Å². The first-order chi connectivity index (χ1) is 13.0. The molecule has 0 unspecified atom stereocenters. The molecule has 0 aliphatic carbocycles. The number of anilines is 1. The molecule has 138 valence electrons. The zero-order valence-corrected chi connectivity index (χ0v) is 15.5. The van der Waals surface area contributed by atoms with Gasteiger partial charge in [0, 0.05) is 24.4 Å². The highest BCUT2D eigenvalue weighted by atomic mass is 32.1. The Hall–Kier alpha value is -3.06. The minimum atomic E-state index is -0.568. The molecule has 27 heavy (non-hydrogen) atoms. The molecule has 0 saturated carbocycles. The third kappa shape index (κ3) is 4.98. The molecule has 2 amide bonds. The Balaban J connectivity index is 1.64. The van der Waals surface area contributed by atoms with Crippen molar-refractivity contribution in [3.05, 3.63) is 70.9 Å². The van der Waals surface area contributed by atoms with Crippen molar-refractivity contribution in [2.45, 2.75) is 13.3 Å². The third-order valence-electron chi connectivity index (χ3n) is 3.88. The molecule has 3 rings (SSSR count). The van der Waals surface area contributed by atoms with Gasteiger partial charge in [-0.25, -0.2) is 9.37 Å². The fraction of sp³-hybridized carbons (Fsp3) is 0.150. The number of hydrogen-bond acceptors (Lipinski definition) is 4. The van der Waals surface area contributed by atoms with Crippen molar-refractivity contribution in [2.75, 3.05) is 11.9 Å². The van der Waals surface area contributed by atoms with Crippen LogP contribution in [-0.4, -0.2) is 23.3 Å². The molecule has 1 heterocycles. The van der Waals surface area contributed by atoms with E-state index in [1.807, 2.05) is 29.6 Å². The minimum absolute atomic E-state index is 0.0160. The lowest BCUT2D eigenvalue weighted by molar-refractivity contribution is -0.118. The maximum Gasteiger partial charge on any atom is 0.260 e. The Bertz CT molecular complexity index is 954. The van der Waals surface area contributed by atoms with E-state index in [2.05, 4.69) is 15.6 Å². The van der Waals surface area contributed by atoms with Crippen LogP contribution in [0.5, 0.6) is 0 Å². The highest BCUT2D eigenvalue weighted by molar-refractivity contribution is 7.14. The number of nitrogens with one attached hydrogen (secondary N) is 2. The molecule has 1 aromatic heterocycles. The van der Waals surface area contributed by atoms with E-state index in [4.69, 9.17) is 0 Å². The first-order valence-corrected chi connectivity index (χ1v) is 9.26. The number of nitrogens with zero attached hydrogens (tertiary/aromatic N) is 1. The second kappa shape index (κ2) is 8.55. The zero-order chi connectivity index (χ0) is 19.2. The van der Waals surface area contributed by atoms with E-state index in [1.165, 1.54) is 36.5 Å². The van der Waals surface area contributed by atoms with Gasteiger partial charge in [0.25, 0.3) is 5.91 Å². The average Bonchev–Trinajstić information content (AvgIpc) is 3.11. The molecule has 2 aromatic carbocycles. The Morgan fingerprint density at radius 2 is 1.85 bits per heavy atom. The van der Waals surface area contributed by atoms with E-state index < -0.39 is 11.7 Å². The summed E-state index contributed by atoms with van der Waals surface area (Å²) in [5.41, 5.74) is 2.74. The molecule has 0 spiro atoms. The quantitative estimate of drug-likeness (QED) is 0.679.